The van der Waals surface area contributed by atoms with Gasteiger partial charge < -0.3 is 9.80 Å². The van der Waals surface area contributed by atoms with E-state index in [4.69, 9.17) is 0 Å². The first-order valence-corrected chi connectivity index (χ1v) is 21.5. The maximum absolute atomic E-state index is 2.53. The highest BCUT2D eigenvalue weighted by atomic mass is 15.2. The van der Waals surface area contributed by atoms with Crippen LogP contribution >= 0.6 is 0 Å². The molecule has 4 aliphatic rings. The quantitative estimate of drug-likeness (QED) is 0.165. The number of nitrogens with zero attached hydrogens (tertiary/aromatic N) is 2. The molecule has 2 nitrogen and oxygen atoms in total. The molecule has 0 N–H and O–H groups in total. The monoisotopic (exact) mass is 768 g/mol. The van der Waals surface area contributed by atoms with Crippen LogP contribution in [0.1, 0.15) is 49.7 Å². The second-order valence-electron chi connectivity index (χ2n) is 16.6. The van der Waals surface area contributed by atoms with Crippen molar-refractivity contribution in [1.82, 2.24) is 0 Å². The van der Waals surface area contributed by atoms with E-state index in [1.807, 2.05) is 0 Å². The molecule has 2 aliphatic heterocycles. The normalized spacial score (nSPS) is 16.9. The number of hydrogen-bond acceptors (Lipinski definition) is 2. The van der Waals surface area contributed by atoms with E-state index in [1.165, 1.54) is 105 Å². The van der Waals surface area contributed by atoms with Crippen molar-refractivity contribution in [3.63, 3.8) is 0 Å². The van der Waals surface area contributed by atoms with E-state index in [9.17, 15) is 0 Å². The Bertz CT molecular complexity index is 3220. The Kier molecular flexibility index (Phi) is 8.13. The highest BCUT2D eigenvalue weighted by Crippen LogP contribution is 2.52. The van der Waals surface area contributed by atoms with E-state index < -0.39 is 0 Å². The minimum atomic E-state index is 0.386. The highest BCUT2D eigenvalue weighted by Gasteiger charge is 2.32. The first-order valence-electron chi connectivity index (χ1n) is 21.5. The zero-order chi connectivity index (χ0) is 39.7. The minimum Gasteiger partial charge on any atom is -0.310 e. The van der Waals surface area contributed by atoms with E-state index >= 15 is 0 Å². The summed E-state index contributed by atoms with van der Waals surface area (Å²) in [6, 6.07) is 59.1. The van der Waals surface area contributed by atoms with Crippen LogP contribution in [0.5, 0.6) is 0 Å². The third-order valence-electron chi connectivity index (χ3n) is 13.4. The molecule has 2 aliphatic carbocycles. The van der Waals surface area contributed by atoms with Gasteiger partial charge in [0, 0.05) is 34.4 Å². The van der Waals surface area contributed by atoms with Gasteiger partial charge in [0.15, 0.2) is 0 Å². The molecule has 0 saturated carbocycles. The third kappa shape index (κ3) is 5.41. The van der Waals surface area contributed by atoms with Gasteiger partial charge in [-0.05, 0) is 151 Å². The van der Waals surface area contributed by atoms with Crippen LogP contribution in [0.25, 0.3) is 60.6 Å². The second-order valence-corrected chi connectivity index (χ2v) is 16.6. The maximum atomic E-state index is 2.53. The van der Waals surface area contributed by atoms with E-state index in [2.05, 4.69) is 211 Å². The summed E-state index contributed by atoms with van der Waals surface area (Å²) in [5.41, 5.74) is 17.9. The van der Waals surface area contributed by atoms with Gasteiger partial charge in [-0.25, -0.2) is 0 Å². The summed E-state index contributed by atoms with van der Waals surface area (Å²) in [6.45, 7) is 2.39. The smallest absolute Gasteiger partial charge is 0.0534 e. The molecule has 8 aromatic rings. The Morgan fingerprint density at radius 3 is 1.97 bits per heavy atom. The lowest BCUT2D eigenvalue weighted by atomic mass is 9.81. The van der Waals surface area contributed by atoms with Crippen molar-refractivity contribution in [2.24, 2.45) is 0 Å². The van der Waals surface area contributed by atoms with E-state index in [1.54, 1.807) is 0 Å². The van der Waals surface area contributed by atoms with Gasteiger partial charge in [-0.15, -0.1) is 0 Å². The van der Waals surface area contributed by atoms with Crippen molar-refractivity contribution >= 4 is 61.1 Å². The summed E-state index contributed by atoms with van der Waals surface area (Å²) in [5.74, 6) is 0.386. The first kappa shape index (κ1) is 34.8. The number of rotatable bonds is 4. The first-order chi connectivity index (χ1) is 29.7. The van der Waals surface area contributed by atoms with Crippen molar-refractivity contribution in [1.29, 1.82) is 0 Å². The van der Waals surface area contributed by atoms with Crippen LogP contribution in [-0.4, -0.2) is 0 Å². The van der Waals surface area contributed by atoms with E-state index in [0.717, 1.165) is 31.4 Å². The fraction of sp³-hybridized carbons (Fsp3) is 0.103. The molecular weight excluding hydrogens is 725 g/mol. The molecule has 1 unspecified atom stereocenters. The summed E-state index contributed by atoms with van der Waals surface area (Å²) in [6.07, 6.45) is 18.3. The largest absolute Gasteiger partial charge is 0.310 e. The van der Waals surface area contributed by atoms with Crippen LogP contribution in [0.3, 0.4) is 0 Å². The van der Waals surface area contributed by atoms with Crippen LogP contribution in [0.2, 0.25) is 0 Å². The zero-order valence-electron chi connectivity index (χ0n) is 33.8. The summed E-state index contributed by atoms with van der Waals surface area (Å²) in [4.78, 5) is 5.03. The molecule has 2 heterocycles. The SMILES string of the molecule is CC1C2=C(C=CCC2)N(c2ccc3c(-c4cccc5ccccc45)c4cc(N5C6=C(C=Cc7ccccc75)CCC=C6)ccc4c(-c4ccccc4)c3c2)c2ccccc21. The van der Waals surface area contributed by atoms with Gasteiger partial charge in [0.25, 0.3) is 0 Å². The molecular formula is C58H44N2. The van der Waals surface area contributed by atoms with Gasteiger partial charge in [-0.3, -0.25) is 0 Å². The van der Waals surface area contributed by atoms with Crippen molar-refractivity contribution < 1.29 is 0 Å². The average Bonchev–Trinajstić information content (AvgIpc) is 3.48. The van der Waals surface area contributed by atoms with Gasteiger partial charge >= 0.3 is 0 Å². The second kappa shape index (κ2) is 14.0. The van der Waals surface area contributed by atoms with Crippen molar-refractivity contribution in [3.05, 3.63) is 222 Å². The van der Waals surface area contributed by atoms with Crippen LogP contribution in [0, 0.1) is 0 Å². The fourth-order valence-corrected chi connectivity index (χ4v) is 10.6. The molecule has 0 bridgehead atoms. The number of hydrogen-bond donors (Lipinski definition) is 0. The number of anilines is 4. The van der Waals surface area contributed by atoms with Gasteiger partial charge in [0.2, 0.25) is 0 Å². The number of fused-ring (bicyclic) bond motifs is 5. The van der Waals surface area contributed by atoms with Crippen molar-refractivity contribution in [2.45, 2.75) is 38.5 Å². The molecule has 60 heavy (non-hydrogen) atoms. The lowest BCUT2D eigenvalue weighted by Crippen LogP contribution is -2.26. The molecule has 0 radical (unpaired) electrons. The summed E-state index contributed by atoms with van der Waals surface area (Å²) in [7, 11) is 0. The topological polar surface area (TPSA) is 6.48 Å². The van der Waals surface area contributed by atoms with Gasteiger partial charge in [0.05, 0.1) is 5.69 Å². The lowest BCUT2D eigenvalue weighted by Gasteiger charge is -2.39. The molecule has 1 atom stereocenters. The molecule has 286 valence electrons. The van der Waals surface area contributed by atoms with Gasteiger partial charge in [-0.1, -0.05) is 153 Å². The van der Waals surface area contributed by atoms with Crippen LogP contribution in [0.4, 0.5) is 22.7 Å². The molecule has 12 rings (SSSR count). The fourth-order valence-electron chi connectivity index (χ4n) is 10.6. The molecule has 0 aromatic heterocycles. The lowest BCUT2D eigenvalue weighted by molar-refractivity contribution is 0.759. The molecule has 8 aromatic carbocycles. The number of allylic oxidation sites excluding steroid dienone is 7. The molecule has 0 amide bonds. The maximum Gasteiger partial charge on any atom is 0.0534 e. The molecule has 0 fully saturated rings. The van der Waals surface area contributed by atoms with Crippen LogP contribution in [0.15, 0.2) is 211 Å². The summed E-state index contributed by atoms with van der Waals surface area (Å²) < 4.78 is 0. The average molecular weight is 769 g/mol. The highest BCUT2D eigenvalue weighted by molar-refractivity contribution is 6.24. The Balaban J connectivity index is 1.19. The summed E-state index contributed by atoms with van der Waals surface area (Å²) >= 11 is 0. The minimum absolute atomic E-state index is 0.386. The van der Waals surface area contributed by atoms with Gasteiger partial charge in [-0.2, -0.15) is 0 Å². The Labute approximate surface area is 352 Å². The summed E-state index contributed by atoms with van der Waals surface area (Å²) in [5, 5.41) is 7.50. The molecule has 0 spiro atoms. The Morgan fingerprint density at radius 1 is 0.467 bits per heavy atom. The number of para-hydroxylation sites is 2. The predicted octanol–water partition coefficient (Wildman–Crippen LogP) is 16.1. The Hall–Kier alpha value is -7.16. The van der Waals surface area contributed by atoms with E-state index in [-0.39, 0.29) is 0 Å². The Morgan fingerprint density at radius 2 is 1.12 bits per heavy atom. The zero-order valence-corrected chi connectivity index (χ0v) is 33.8. The molecule has 2 heteroatoms. The van der Waals surface area contributed by atoms with Gasteiger partial charge in [0.1, 0.15) is 0 Å². The molecule has 0 saturated heterocycles. The van der Waals surface area contributed by atoms with Crippen LogP contribution < -0.4 is 9.80 Å². The third-order valence-corrected chi connectivity index (χ3v) is 13.4. The van der Waals surface area contributed by atoms with Crippen molar-refractivity contribution in [2.75, 3.05) is 9.80 Å². The van der Waals surface area contributed by atoms with E-state index in [0.29, 0.717) is 5.92 Å². The van der Waals surface area contributed by atoms with Crippen molar-refractivity contribution in [3.8, 4) is 22.3 Å². The number of benzene rings is 8. The van der Waals surface area contributed by atoms with Crippen LogP contribution in [-0.2, 0) is 0 Å². The standard InChI is InChI=1S/C58H44N2/c1-38-45-22-9-13-28-55(45)60(56-29-14-10-23-46(38)56)44-33-35-50-51(36-44)57(42-19-3-2-4-20-42)49-34-32-43(37-52(49)58(50)48-25-15-21-39-16-5-8-24-47(39)48)59-53-26-11-6-17-40(53)30-31-41-18-7-12-27-54(41)59/h2-6,8-9,11-17,19-22,24-38H,7,10,18,23H2,1H3. The predicted molar refractivity (Wildman–Crippen MR) is 255 cm³/mol.